The zero-order valence-electron chi connectivity index (χ0n) is 5.89. The van der Waals surface area contributed by atoms with E-state index in [1.54, 1.807) is 0 Å². The van der Waals surface area contributed by atoms with Gasteiger partial charge in [-0.1, -0.05) is 6.08 Å². The molecule has 2 aliphatic rings. The Morgan fingerprint density at radius 1 is 1.50 bits per heavy atom. The van der Waals surface area contributed by atoms with E-state index in [-0.39, 0.29) is 5.91 Å². The van der Waals surface area contributed by atoms with Gasteiger partial charge in [-0.3, -0.25) is 4.79 Å². The van der Waals surface area contributed by atoms with Crippen LogP contribution in [0.1, 0.15) is 25.7 Å². The lowest BCUT2D eigenvalue weighted by atomic mass is 9.96. The lowest BCUT2D eigenvalue weighted by molar-refractivity contribution is -0.121. The molecule has 0 bridgehead atoms. The van der Waals surface area contributed by atoms with Crippen LogP contribution in [-0.2, 0) is 4.79 Å². The molecule has 1 fully saturated rings. The van der Waals surface area contributed by atoms with Crippen molar-refractivity contribution in [3.05, 3.63) is 11.8 Å². The minimum atomic E-state index is 0.199. The number of hydrogen-bond donors (Lipinski definition) is 1. The first-order valence-corrected chi connectivity index (χ1v) is 3.86. The molecule has 2 rings (SSSR count). The van der Waals surface area contributed by atoms with Crippen LogP contribution in [0.4, 0.5) is 0 Å². The van der Waals surface area contributed by atoms with Gasteiger partial charge in [0.2, 0.25) is 5.91 Å². The monoisotopic (exact) mass is 137 g/mol. The van der Waals surface area contributed by atoms with Crippen molar-refractivity contribution in [1.82, 2.24) is 5.32 Å². The second-order valence-electron chi connectivity index (χ2n) is 3.02. The number of allylic oxidation sites excluding steroid dienone is 2. The fraction of sp³-hybridized carbons (Fsp3) is 0.625. The topological polar surface area (TPSA) is 29.1 Å². The van der Waals surface area contributed by atoms with E-state index < -0.39 is 0 Å². The Kier molecular flexibility index (Phi) is 1.26. The predicted octanol–water partition coefficient (Wildman–Crippen LogP) is 1.19. The first-order chi connectivity index (χ1) is 4.86. The van der Waals surface area contributed by atoms with Crippen molar-refractivity contribution in [1.29, 1.82) is 0 Å². The van der Waals surface area contributed by atoms with Gasteiger partial charge in [-0.25, -0.2) is 0 Å². The summed E-state index contributed by atoms with van der Waals surface area (Å²) in [5, 5.41) is 2.90. The number of carbonyl (C=O) groups excluding carboxylic acids is 1. The number of hydrogen-bond acceptors (Lipinski definition) is 1. The average molecular weight is 137 g/mol. The second kappa shape index (κ2) is 2.11. The van der Waals surface area contributed by atoms with Crippen molar-refractivity contribution in [2.75, 3.05) is 0 Å². The number of fused-ring (bicyclic) bond motifs is 1. The third-order valence-corrected chi connectivity index (χ3v) is 2.32. The summed E-state index contributed by atoms with van der Waals surface area (Å²) in [4.78, 5) is 10.9. The van der Waals surface area contributed by atoms with Crippen LogP contribution in [0.25, 0.3) is 0 Å². The summed E-state index contributed by atoms with van der Waals surface area (Å²) in [5.41, 5.74) is 1.19. The molecule has 0 saturated carbocycles. The molecule has 0 aromatic carbocycles. The predicted molar refractivity (Wildman–Crippen MR) is 38.2 cm³/mol. The Morgan fingerprint density at radius 2 is 2.40 bits per heavy atom. The van der Waals surface area contributed by atoms with E-state index in [9.17, 15) is 4.79 Å². The molecule has 1 unspecified atom stereocenters. The summed E-state index contributed by atoms with van der Waals surface area (Å²) >= 11 is 0. The molecule has 0 spiro atoms. The van der Waals surface area contributed by atoms with Crippen LogP contribution in [0.5, 0.6) is 0 Å². The molecule has 1 amide bonds. The summed E-state index contributed by atoms with van der Waals surface area (Å²) in [5.74, 6) is 0.877. The molecule has 54 valence electrons. The highest BCUT2D eigenvalue weighted by atomic mass is 16.1. The molecule has 1 aliphatic carbocycles. The summed E-state index contributed by atoms with van der Waals surface area (Å²) in [6, 6.07) is 0. The molecule has 2 heteroatoms. The van der Waals surface area contributed by atoms with Crippen molar-refractivity contribution in [2.45, 2.75) is 25.7 Å². The van der Waals surface area contributed by atoms with E-state index in [1.807, 2.05) is 0 Å². The summed E-state index contributed by atoms with van der Waals surface area (Å²) < 4.78 is 0. The molecule has 0 aromatic heterocycles. The summed E-state index contributed by atoms with van der Waals surface area (Å²) in [6.45, 7) is 0. The normalized spacial score (nSPS) is 31.0. The molecule has 2 nitrogen and oxygen atoms in total. The minimum Gasteiger partial charge on any atom is -0.330 e. The van der Waals surface area contributed by atoms with Gasteiger partial charge in [0.1, 0.15) is 0 Å². The standard InChI is InChI=1S/C8H11NO/c10-8-5-4-6-2-1-3-7(6)9-8/h3,6H,1-2,4-5H2,(H,9,10). The molecule has 1 heterocycles. The zero-order valence-corrected chi connectivity index (χ0v) is 5.89. The van der Waals surface area contributed by atoms with E-state index in [2.05, 4.69) is 11.4 Å². The molecule has 0 aromatic rings. The van der Waals surface area contributed by atoms with Crippen LogP contribution in [0.3, 0.4) is 0 Å². The van der Waals surface area contributed by atoms with Crippen molar-refractivity contribution in [2.24, 2.45) is 5.92 Å². The minimum absolute atomic E-state index is 0.199. The van der Waals surface area contributed by atoms with Crippen molar-refractivity contribution >= 4 is 5.91 Å². The Balaban J connectivity index is 2.14. The summed E-state index contributed by atoms with van der Waals surface area (Å²) in [6.07, 6.45) is 6.34. The van der Waals surface area contributed by atoms with Crippen molar-refractivity contribution < 1.29 is 4.79 Å². The molecule has 1 aliphatic heterocycles. The summed E-state index contributed by atoms with van der Waals surface area (Å²) in [7, 11) is 0. The number of nitrogens with one attached hydrogen (secondary N) is 1. The van der Waals surface area contributed by atoms with Gasteiger partial charge in [-0.15, -0.1) is 0 Å². The van der Waals surface area contributed by atoms with Crippen molar-refractivity contribution in [3.63, 3.8) is 0 Å². The molecule has 0 radical (unpaired) electrons. The van der Waals surface area contributed by atoms with Crippen LogP contribution in [0.2, 0.25) is 0 Å². The third kappa shape index (κ3) is 0.838. The van der Waals surface area contributed by atoms with Crippen molar-refractivity contribution in [3.8, 4) is 0 Å². The lowest BCUT2D eigenvalue weighted by Gasteiger charge is -2.20. The lowest BCUT2D eigenvalue weighted by Crippen LogP contribution is -2.30. The maximum atomic E-state index is 10.9. The number of rotatable bonds is 0. The zero-order chi connectivity index (χ0) is 6.97. The van der Waals surface area contributed by atoms with E-state index in [1.165, 1.54) is 12.1 Å². The first kappa shape index (κ1) is 5.96. The molecule has 10 heavy (non-hydrogen) atoms. The van der Waals surface area contributed by atoms with Gasteiger partial charge in [0.15, 0.2) is 0 Å². The van der Waals surface area contributed by atoms with Crippen LogP contribution in [0.15, 0.2) is 11.8 Å². The Labute approximate surface area is 60.3 Å². The quantitative estimate of drug-likeness (QED) is 0.534. The van der Waals surface area contributed by atoms with Gasteiger partial charge in [0.25, 0.3) is 0 Å². The SMILES string of the molecule is O=C1CCC2CCC=C2N1. The Hall–Kier alpha value is -0.790. The molecule has 1 N–H and O–H groups in total. The Morgan fingerprint density at radius 3 is 3.30 bits per heavy atom. The average Bonchev–Trinajstić information content (AvgIpc) is 2.33. The van der Waals surface area contributed by atoms with Gasteiger partial charge >= 0.3 is 0 Å². The second-order valence-corrected chi connectivity index (χ2v) is 3.02. The van der Waals surface area contributed by atoms with Crippen LogP contribution >= 0.6 is 0 Å². The largest absolute Gasteiger partial charge is 0.330 e. The van der Waals surface area contributed by atoms with Crippen LogP contribution in [0, 0.1) is 5.92 Å². The molecular formula is C8H11NO. The van der Waals surface area contributed by atoms with E-state index in [0.717, 1.165) is 19.3 Å². The molecule has 1 atom stereocenters. The number of amides is 1. The van der Waals surface area contributed by atoms with Crippen LogP contribution < -0.4 is 5.32 Å². The number of carbonyl (C=O) groups is 1. The highest BCUT2D eigenvalue weighted by molar-refractivity contribution is 5.79. The van der Waals surface area contributed by atoms with Gasteiger partial charge in [-0.05, 0) is 25.2 Å². The van der Waals surface area contributed by atoms with E-state index in [4.69, 9.17) is 0 Å². The fourth-order valence-corrected chi connectivity index (χ4v) is 1.74. The van der Waals surface area contributed by atoms with Gasteiger partial charge in [-0.2, -0.15) is 0 Å². The highest BCUT2D eigenvalue weighted by Gasteiger charge is 2.25. The van der Waals surface area contributed by atoms with Gasteiger partial charge in [0, 0.05) is 12.1 Å². The maximum Gasteiger partial charge on any atom is 0.224 e. The smallest absolute Gasteiger partial charge is 0.224 e. The van der Waals surface area contributed by atoms with E-state index >= 15 is 0 Å². The fourth-order valence-electron chi connectivity index (χ4n) is 1.74. The van der Waals surface area contributed by atoms with E-state index in [0.29, 0.717) is 5.92 Å². The van der Waals surface area contributed by atoms with Gasteiger partial charge in [0.05, 0.1) is 0 Å². The third-order valence-electron chi connectivity index (χ3n) is 2.32. The molecule has 1 saturated heterocycles. The molecular weight excluding hydrogens is 126 g/mol. The van der Waals surface area contributed by atoms with Gasteiger partial charge < -0.3 is 5.32 Å². The first-order valence-electron chi connectivity index (χ1n) is 3.86. The maximum absolute atomic E-state index is 10.9. The van der Waals surface area contributed by atoms with Crippen LogP contribution in [-0.4, -0.2) is 5.91 Å². The number of piperidine rings is 1. The highest BCUT2D eigenvalue weighted by Crippen LogP contribution is 2.30. The Bertz CT molecular complexity index is 195.